The first-order valence-electron chi connectivity index (χ1n) is 11.5. The molecule has 0 spiro atoms. The summed E-state index contributed by atoms with van der Waals surface area (Å²) in [7, 11) is 0. The number of benzene rings is 1. The van der Waals surface area contributed by atoms with Crippen molar-refractivity contribution in [2.75, 3.05) is 11.5 Å². The first kappa shape index (κ1) is 23.1. The molecule has 0 unspecified atom stereocenters. The number of hydrogen-bond donors (Lipinski definition) is 1. The maximum atomic E-state index is 13.7. The molecule has 33 heavy (non-hydrogen) atoms. The van der Waals surface area contributed by atoms with Gasteiger partial charge in [-0.25, -0.2) is 0 Å². The summed E-state index contributed by atoms with van der Waals surface area (Å²) in [6, 6.07) is 14.0. The molecule has 1 aliphatic rings. The molecule has 174 valence electrons. The van der Waals surface area contributed by atoms with Crippen LogP contribution in [0.25, 0.3) is 0 Å². The highest BCUT2D eigenvalue weighted by atomic mass is 32.1. The first-order chi connectivity index (χ1) is 16.0. The standard InChI is InChI=1S/C26H30N2O4S/c1-3-31-21-13-11-20(12-14-21)28(24(29)17-22-9-6-16-33-22)25(23-15-10-18(2)32-23)26(30)27-19-7-4-5-8-19/h6,9-16,19,25H,3-5,7-8,17H2,1-2H3,(H,27,30)/t25-/m0/s1. The van der Waals surface area contributed by atoms with E-state index in [-0.39, 0.29) is 24.3 Å². The van der Waals surface area contributed by atoms with Gasteiger partial charge in [0, 0.05) is 16.6 Å². The van der Waals surface area contributed by atoms with Gasteiger partial charge in [-0.15, -0.1) is 11.3 Å². The Morgan fingerprint density at radius 3 is 2.52 bits per heavy atom. The lowest BCUT2D eigenvalue weighted by Crippen LogP contribution is -2.46. The van der Waals surface area contributed by atoms with Gasteiger partial charge in [0.05, 0.1) is 13.0 Å². The van der Waals surface area contributed by atoms with Crippen molar-refractivity contribution in [2.24, 2.45) is 0 Å². The molecule has 1 atom stereocenters. The van der Waals surface area contributed by atoms with Crippen molar-refractivity contribution >= 4 is 28.8 Å². The van der Waals surface area contributed by atoms with Crippen molar-refractivity contribution in [2.45, 2.75) is 58.0 Å². The quantitative estimate of drug-likeness (QED) is 0.457. The third-order valence-electron chi connectivity index (χ3n) is 5.84. The molecule has 3 aromatic rings. The molecule has 1 saturated carbocycles. The van der Waals surface area contributed by atoms with Gasteiger partial charge in [0.2, 0.25) is 5.91 Å². The summed E-state index contributed by atoms with van der Waals surface area (Å²) in [5, 5.41) is 5.12. The summed E-state index contributed by atoms with van der Waals surface area (Å²) in [5.74, 6) is 1.48. The molecule has 2 aromatic heterocycles. The van der Waals surface area contributed by atoms with E-state index in [0.29, 0.717) is 29.6 Å². The summed E-state index contributed by atoms with van der Waals surface area (Å²) in [6.07, 6.45) is 4.34. The number of hydrogen-bond acceptors (Lipinski definition) is 5. The molecule has 0 radical (unpaired) electrons. The Hall–Kier alpha value is -3.06. The van der Waals surface area contributed by atoms with Gasteiger partial charge in [-0.2, -0.15) is 0 Å². The number of thiophene rings is 1. The van der Waals surface area contributed by atoms with Crippen LogP contribution in [0.15, 0.2) is 58.3 Å². The van der Waals surface area contributed by atoms with Crippen LogP contribution in [0.3, 0.4) is 0 Å². The molecule has 0 bridgehead atoms. The second-order valence-electron chi connectivity index (χ2n) is 8.29. The summed E-state index contributed by atoms with van der Waals surface area (Å²) in [4.78, 5) is 29.8. The maximum Gasteiger partial charge on any atom is 0.251 e. The highest BCUT2D eigenvalue weighted by Gasteiger charge is 2.36. The van der Waals surface area contributed by atoms with E-state index >= 15 is 0 Å². The van der Waals surface area contributed by atoms with Crippen LogP contribution in [0.4, 0.5) is 5.69 Å². The third-order valence-corrected chi connectivity index (χ3v) is 6.72. The van der Waals surface area contributed by atoms with E-state index < -0.39 is 6.04 Å². The van der Waals surface area contributed by atoms with E-state index in [0.717, 1.165) is 30.6 Å². The number of amides is 2. The van der Waals surface area contributed by atoms with Crippen LogP contribution in [-0.2, 0) is 16.0 Å². The molecule has 0 aliphatic heterocycles. The van der Waals surface area contributed by atoms with Gasteiger partial charge in [0.15, 0.2) is 6.04 Å². The smallest absolute Gasteiger partial charge is 0.251 e. The number of nitrogens with zero attached hydrogens (tertiary/aromatic N) is 1. The van der Waals surface area contributed by atoms with Crippen molar-refractivity contribution in [3.05, 3.63) is 70.3 Å². The van der Waals surface area contributed by atoms with Gasteiger partial charge in [-0.05, 0) is 74.5 Å². The van der Waals surface area contributed by atoms with Crippen molar-refractivity contribution in [1.29, 1.82) is 0 Å². The fraction of sp³-hybridized carbons (Fsp3) is 0.385. The van der Waals surface area contributed by atoms with E-state index in [9.17, 15) is 9.59 Å². The molecule has 0 saturated heterocycles. The lowest BCUT2D eigenvalue weighted by molar-refractivity contribution is -0.127. The monoisotopic (exact) mass is 466 g/mol. The average Bonchev–Trinajstić information content (AvgIpc) is 3.57. The van der Waals surface area contributed by atoms with Crippen LogP contribution in [-0.4, -0.2) is 24.5 Å². The predicted octanol–water partition coefficient (Wildman–Crippen LogP) is 5.42. The Morgan fingerprint density at radius 2 is 1.91 bits per heavy atom. The van der Waals surface area contributed by atoms with Crippen LogP contribution in [0.1, 0.15) is 55.0 Å². The predicted molar refractivity (Wildman–Crippen MR) is 130 cm³/mol. The van der Waals surface area contributed by atoms with Gasteiger partial charge >= 0.3 is 0 Å². The van der Waals surface area contributed by atoms with E-state index in [1.807, 2.05) is 61.7 Å². The molecular weight excluding hydrogens is 436 g/mol. The topological polar surface area (TPSA) is 71.8 Å². The number of ether oxygens (including phenoxy) is 1. The van der Waals surface area contributed by atoms with Gasteiger partial charge in [0.1, 0.15) is 17.3 Å². The molecule has 1 fully saturated rings. The number of aryl methyl sites for hydroxylation is 1. The highest BCUT2D eigenvalue weighted by molar-refractivity contribution is 7.10. The van der Waals surface area contributed by atoms with Gasteiger partial charge in [0.25, 0.3) is 5.91 Å². The Kier molecular flexibility index (Phi) is 7.50. The first-order valence-corrected chi connectivity index (χ1v) is 12.4. The zero-order valence-corrected chi connectivity index (χ0v) is 19.9. The van der Waals surface area contributed by atoms with Gasteiger partial charge in [-0.3, -0.25) is 14.5 Å². The number of carbonyl (C=O) groups is 2. The number of nitrogens with one attached hydrogen (secondary N) is 1. The molecule has 7 heteroatoms. The van der Waals surface area contributed by atoms with Crippen LogP contribution in [0.5, 0.6) is 5.75 Å². The summed E-state index contributed by atoms with van der Waals surface area (Å²) >= 11 is 1.53. The number of rotatable bonds is 9. The normalized spacial score (nSPS) is 14.7. The van der Waals surface area contributed by atoms with E-state index in [1.165, 1.54) is 11.3 Å². The SMILES string of the molecule is CCOc1ccc(N(C(=O)Cc2cccs2)[C@H](C(=O)NC2CCCC2)c2ccc(C)o2)cc1. The number of furan rings is 1. The Labute approximate surface area is 198 Å². The van der Waals surface area contributed by atoms with Crippen LogP contribution < -0.4 is 15.0 Å². The lowest BCUT2D eigenvalue weighted by Gasteiger charge is -2.31. The van der Waals surface area contributed by atoms with Crippen molar-refractivity contribution in [3.63, 3.8) is 0 Å². The molecule has 6 nitrogen and oxygen atoms in total. The molecule has 1 N–H and O–H groups in total. The fourth-order valence-electron chi connectivity index (χ4n) is 4.28. The van der Waals surface area contributed by atoms with E-state index in [1.54, 1.807) is 11.0 Å². The number of anilines is 1. The zero-order chi connectivity index (χ0) is 23.2. The minimum atomic E-state index is -0.898. The fourth-order valence-corrected chi connectivity index (χ4v) is 4.97. The second-order valence-corrected chi connectivity index (χ2v) is 9.32. The summed E-state index contributed by atoms with van der Waals surface area (Å²) in [6.45, 7) is 4.32. The van der Waals surface area contributed by atoms with Crippen LogP contribution in [0.2, 0.25) is 0 Å². The van der Waals surface area contributed by atoms with Crippen LogP contribution >= 0.6 is 11.3 Å². The maximum absolute atomic E-state index is 13.7. The third kappa shape index (κ3) is 5.66. The largest absolute Gasteiger partial charge is 0.494 e. The van der Waals surface area contributed by atoms with Gasteiger partial charge in [-0.1, -0.05) is 18.9 Å². The average molecular weight is 467 g/mol. The van der Waals surface area contributed by atoms with Crippen molar-refractivity contribution < 1.29 is 18.7 Å². The minimum absolute atomic E-state index is 0.130. The minimum Gasteiger partial charge on any atom is -0.494 e. The van der Waals surface area contributed by atoms with Gasteiger partial charge < -0.3 is 14.5 Å². The summed E-state index contributed by atoms with van der Waals surface area (Å²) in [5.41, 5.74) is 0.626. The molecular formula is C26H30N2O4S. The van der Waals surface area contributed by atoms with E-state index in [4.69, 9.17) is 9.15 Å². The molecule has 2 heterocycles. The summed E-state index contributed by atoms with van der Waals surface area (Å²) < 4.78 is 11.5. The zero-order valence-electron chi connectivity index (χ0n) is 19.1. The number of carbonyl (C=O) groups excluding carboxylic acids is 2. The Morgan fingerprint density at radius 1 is 1.15 bits per heavy atom. The second kappa shape index (κ2) is 10.7. The molecule has 4 rings (SSSR count). The Bertz CT molecular complexity index is 1050. The van der Waals surface area contributed by atoms with Crippen LogP contribution in [0, 0.1) is 6.92 Å². The molecule has 2 amide bonds. The molecule has 1 aliphatic carbocycles. The van der Waals surface area contributed by atoms with Crippen molar-refractivity contribution in [1.82, 2.24) is 5.32 Å². The highest BCUT2D eigenvalue weighted by Crippen LogP contribution is 2.32. The Balaban J connectivity index is 1.72. The lowest BCUT2D eigenvalue weighted by atomic mass is 10.1. The van der Waals surface area contributed by atoms with Crippen molar-refractivity contribution in [3.8, 4) is 5.75 Å². The molecule has 1 aromatic carbocycles. The van der Waals surface area contributed by atoms with E-state index in [2.05, 4.69) is 5.32 Å².